The van der Waals surface area contributed by atoms with Crippen LogP contribution in [0.1, 0.15) is 23.2 Å². The van der Waals surface area contributed by atoms with Gasteiger partial charge in [-0.25, -0.2) is 0 Å². The van der Waals surface area contributed by atoms with Gasteiger partial charge in [-0.1, -0.05) is 0 Å². The van der Waals surface area contributed by atoms with Gasteiger partial charge in [0, 0.05) is 6.54 Å². The molecule has 0 spiro atoms. The highest BCUT2D eigenvalue weighted by molar-refractivity contribution is 9.10. The summed E-state index contributed by atoms with van der Waals surface area (Å²) in [7, 11) is 0. The number of rotatable bonds is 4. The summed E-state index contributed by atoms with van der Waals surface area (Å²) in [5.41, 5.74) is 0.527. The third kappa shape index (κ3) is 2.58. The average Bonchev–Trinajstić information content (AvgIpc) is 2.94. The van der Waals surface area contributed by atoms with Gasteiger partial charge in [0.1, 0.15) is 11.5 Å². The lowest BCUT2D eigenvalue weighted by molar-refractivity contribution is 0.0936. The molecule has 0 radical (unpaired) electrons. The van der Waals surface area contributed by atoms with E-state index >= 15 is 0 Å². The number of hydrogen-bond donors (Lipinski definition) is 1. The SMILES string of the molecule is CCn1ncc(Br)c1C(=O)NCc1ccco1. The number of amides is 1. The molecule has 0 saturated heterocycles. The van der Waals surface area contributed by atoms with E-state index in [2.05, 4.69) is 26.3 Å². The Hall–Kier alpha value is -1.56. The van der Waals surface area contributed by atoms with E-state index in [0.29, 0.717) is 23.3 Å². The first-order chi connectivity index (χ1) is 8.22. The largest absolute Gasteiger partial charge is 0.467 e. The zero-order valence-electron chi connectivity index (χ0n) is 9.31. The van der Waals surface area contributed by atoms with Crippen molar-refractivity contribution in [1.82, 2.24) is 15.1 Å². The minimum absolute atomic E-state index is 0.173. The molecule has 1 N–H and O–H groups in total. The van der Waals surface area contributed by atoms with Crippen molar-refractivity contribution in [3.8, 4) is 0 Å². The molecule has 90 valence electrons. The van der Waals surface area contributed by atoms with E-state index in [9.17, 15) is 4.79 Å². The molecule has 0 saturated carbocycles. The van der Waals surface area contributed by atoms with Crippen LogP contribution >= 0.6 is 15.9 Å². The molecule has 0 aromatic carbocycles. The summed E-state index contributed by atoms with van der Waals surface area (Å²) >= 11 is 3.31. The van der Waals surface area contributed by atoms with Crippen molar-refractivity contribution >= 4 is 21.8 Å². The van der Waals surface area contributed by atoms with E-state index in [0.717, 1.165) is 5.76 Å². The van der Waals surface area contributed by atoms with Gasteiger partial charge in [-0.2, -0.15) is 5.10 Å². The summed E-state index contributed by atoms with van der Waals surface area (Å²) in [4.78, 5) is 12.0. The van der Waals surface area contributed by atoms with Gasteiger partial charge < -0.3 is 9.73 Å². The van der Waals surface area contributed by atoms with Crippen LogP contribution in [0.15, 0.2) is 33.5 Å². The minimum atomic E-state index is -0.173. The first-order valence-corrected chi connectivity index (χ1v) is 6.03. The van der Waals surface area contributed by atoms with Gasteiger partial charge >= 0.3 is 0 Å². The second kappa shape index (κ2) is 5.18. The number of carbonyl (C=O) groups is 1. The summed E-state index contributed by atoms with van der Waals surface area (Å²) in [6.07, 6.45) is 3.19. The van der Waals surface area contributed by atoms with E-state index < -0.39 is 0 Å². The number of nitrogens with one attached hydrogen (secondary N) is 1. The summed E-state index contributed by atoms with van der Waals surface area (Å²) in [5, 5.41) is 6.87. The second-order valence-electron chi connectivity index (χ2n) is 3.42. The number of furan rings is 1. The number of nitrogens with zero attached hydrogens (tertiary/aromatic N) is 2. The molecular weight excluding hydrogens is 286 g/mol. The third-order valence-electron chi connectivity index (χ3n) is 2.31. The monoisotopic (exact) mass is 297 g/mol. The van der Waals surface area contributed by atoms with Crippen LogP contribution in [-0.4, -0.2) is 15.7 Å². The highest BCUT2D eigenvalue weighted by atomic mass is 79.9. The number of aromatic nitrogens is 2. The molecule has 0 unspecified atom stereocenters. The summed E-state index contributed by atoms with van der Waals surface area (Å²) < 4.78 is 7.47. The van der Waals surface area contributed by atoms with Crippen LogP contribution < -0.4 is 5.32 Å². The van der Waals surface area contributed by atoms with Crippen molar-refractivity contribution in [2.75, 3.05) is 0 Å². The lowest BCUT2D eigenvalue weighted by Gasteiger charge is -2.06. The van der Waals surface area contributed by atoms with E-state index in [1.165, 1.54) is 0 Å². The van der Waals surface area contributed by atoms with Crippen LogP contribution in [0.5, 0.6) is 0 Å². The lowest BCUT2D eigenvalue weighted by atomic mass is 10.3. The molecule has 17 heavy (non-hydrogen) atoms. The molecule has 5 nitrogen and oxygen atoms in total. The Kier molecular flexibility index (Phi) is 3.63. The molecule has 0 aliphatic carbocycles. The van der Waals surface area contributed by atoms with Crippen molar-refractivity contribution < 1.29 is 9.21 Å². The number of halogens is 1. The van der Waals surface area contributed by atoms with Crippen LogP contribution in [0.25, 0.3) is 0 Å². The second-order valence-corrected chi connectivity index (χ2v) is 4.27. The van der Waals surface area contributed by atoms with Crippen LogP contribution in [0.2, 0.25) is 0 Å². The molecule has 1 amide bonds. The predicted octanol–water partition coefficient (Wildman–Crippen LogP) is 2.19. The van der Waals surface area contributed by atoms with Gasteiger partial charge in [-0.05, 0) is 35.0 Å². The fourth-order valence-corrected chi connectivity index (χ4v) is 1.97. The number of carbonyl (C=O) groups excluding carboxylic acids is 1. The number of aryl methyl sites for hydroxylation is 1. The van der Waals surface area contributed by atoms with E-state index in [1.54, 1.807) is 23.2 Å². The van der Waals surface area contributed by atoms with Gasteiger partial charge in [0.15, 0.2) is 0 Å². The Morgan fingerprint density at radius 1 is 1.65 bits per heavy atom. The van der Waals surface area contributed by atoms with E-state index in [4.69, 9.17) is 4.42 Å². The van der Waals surface area contributed by atoms with Crippen LogP contribution in [0.4, 0.5) is 0 Å². The first kappa shape index (κ1) is 11.9. The fraction of sp³-hybridized carbons (Fsp3) is 0.273. The van der Waals surface area contributed by atoms with Crippen molar-refractivity contribution in [3.05, 3.63) is 40.5 Å². The molecule has 6 heteroatoms. The van der Waals surface area contributed by atoms with Gasteiger partial charge in [-0.15, -0.1) is 0 Å². The highest BCUT2D eigenvalue weighted by Gasteiger charge is 2.16. The highest BCUT2D eigenvalue weighted by Crippen LogP contribution is 2.15. The molecule has 0 atom stereocenters. The molecule has 2 aromatic heterocycles. The van der Waals surface area contributed by atoms with Crippen molar-refractivity contribution in [1.29, 1.82) is 0 Å². The van der Waals surface area contributed by atoms with Gasteiger partial charge in [-0.3, -0.25) is 9.48 Å². The molecule has 2 aromatic rings. The van der Waals surface area contributed by atoms with Crippen molar-refractivity contribution in [2.45, 2.75) is 20.0 Å². The first-order valence-electron chi connectivity index (χ1n) is 5.24. The van der Waals surface area contributed by atoms with Crippen LogP contribution in [0, 0.1) is 0 Å². The van der Waals surface area contributed by atoms with Crippen LogP contribution in [-0.2, 0) is 13.1 Å². The van der Waals surface area contributed by atoms with Gasteiger partial charge in [0.2, 0.25) is 0 Å². The molecule has 0 aliphatic heterocycles. The van der Waals surface area contributed by atoms with E-state index in [1.807, 2.05) is 13.0 Å². The molecule has 2 rings (SSSR count). The Labute approximate surface area is 107 Å². The molecule has 2 heterocycles. The zero-order valence-corrected chi connectivity index (χ0v) is 10.9. The van der Waals surface area contributed by atoms with Crippen LogP contribution in [0.3, 0.4) is 0 Å². The number of hydrogen-bond acceptors (Lipinski definition) is 3. The van der Waals surface area contributed by atoms with E-state index in [-0.39, 0.29) is 5.91 Å². The van der Waals surface area contributed by atoms with Gasteiger partial charge in [0.05, 0.1) is 23.5 Å². The third-order valence-corrected chi connectivity index (χ3v) is 2.89. The van der Waals surface area contributed by atoms with Gasteiger partial charge in [0.25, 0.3) is 5.91 Å². The Bertz CT molecular complexity index is 505. The zero-order chi connectivity index (χ0) is 12.3. The molecule has 0 bridgehead atoms. The Balaban J connectivity index is 2.06. The molecular formula is C11H12BrN3O2. The smallest absolute Gasteiger partial charge is 0.271 e. The molecule has 0 aliphatic rings. The normalized spacial score (nSPS) is 10.5. The van der Waals surface area contributed by atoms with Crippen molar-refractivity contribution in [2.24, 2.45) is 0 Å². The summed E-state index contributed by atoms with van der Waals surface area (Å²) in [6, 6.07) is 3.60. The maximum atomic E-state index is 12.0. The van der Waals surface area contributed by atoms with Crippen molar-refractivity contribution in [3.63, 3.8) is 0 Å². The quantitative estimate of drug-likeness (QED) is 0.941. The summed E-state index contributed by atoms with van der Waals surface area (Å²) in [5.74, 6) is 0.546. The Morgan fingerprint density at radius 3 is 3.12 bits per heavy atom. The summed E-state index contributed by atoms with van der Waals surface area (Å²) in [6.45, 7) is 2.95. The topological polar surface area (TPSA) is 60.1 Å². The minimum Gasteiger partial charge on any atom is -0.467 e. The molecule has 0 fully saturated rings. The lowest BCUT2D eigenvalue weighted by Crippen LogP contribution is -2.25. The standard InChI is InChI=1S/C11H12BrN3O2/c1-2-15-10(9(12)7-14-15)11(16)13-6-8-4-3-5-17-8/h3-5,7H,2,6H2,1H3,(H,13,16). The maximum absolute atomic E-state index is 12.0. The average molecular weight is 298 g/mol. The predicted molar refractivity (Wildman–Crippen MR) is 65.5 cm³/mol. The Morgan fingerprint density at radius 2 is 2.47 bits per heavy atom. The fourth-order valence-electron chi connectivity index (χ4n) is 1.49. The maximum Gasteiger partial charge on any atom is 0.271 e.